The summed E-state index contributed by atoms with van der Waals surface area (Å²) >= 11 is 0. The number of methoxy groups -OCH3 is 1. The van der Waals surface area contributed by atoms with E-state index in [1.807, 2.05) is 23.0 Å². The molecule has 0 bridgehead atoms. The smallest absolute Gasteiger partial charge is 0.191 e. The Morgan fingerprint density at radius 1 is 1.30 bits per heavy atom. The van der Waals surface area contributed by atoms with Crippen molar-refractivity contribution in [2.24, 2.45) is 4.99 Å². The second-order valence-corrected chi connectivity index (χ2v) is 5.26. The van der Waals surface area contributed by atoms with E-state index in [1.165, 1.54) is 11.1 Å². The van der Waals surface area contributed by atoms with Crippen LogP contribution in [0.25, 0.3) is 0 Å². The summed E-state index contributed by atoms with van der Waals surface area (Å²) in [5.41, 5.74) is 2.44. The molecular weight excluding hydrogens is 290 g/mol. The zero-order chi connectivity index (χ0) is 16.5. The van der Waals surface area contributed by atoms with Gasteiger partial charge in [0.25, 0.3) is 0 Å². The summed E-state index contributed by atoms with van der Waals surface area (Å²) in [5, 5.41) is 10.8. The van der Waals surface area contributed by atoms with Crippen molar-refractivity contribution in [3.05, 3.63) is 47.8 Å². The van der Waals surface area contributed by atoms with Crippen LogP contribution in [0.5, 0.6) is 5.75 Å². The van der Waals surface area contributed by atoms with Gasteiger partial charge in [0, 0.05) is 32.5 Å². The van der Waals surface area contributed by atoms with Crippen molar-refractivity contribution in [1.29, 1.82) is 0 Å². The number of aromatic nitrogens is 2. The summed E-state index contributed by atoms with van der Waals surface area (Å²) in [5.74, 6) is 1.72. The van der Waals surface area contributed by atoms with Gasteiger partial charge in [-0.15, -0.1) is 0 Å². The Kier molecular flexibility index (Phi) is 6.47. The molecule has 1 heterocycles. The average molecular weight is 315 g/mol. The number of nitrogens with one attached hydrogen (secondary N) is 2. The molecule has 23 heavy (non-hydrogen) atoms. The Hall–Kier alpha value is -2.50. The lowest BCUT2D eigenvalue weighted by Crippen LogP contribution is -2.39. The van der Waals surface area contributed by atoms with Crippen molar-refractivity contribution in [3.8, 4) is 5.75 Å². The molecule has 6 heteroatoms. The van der Waals surface area contributed by atoms with Crippen molar-refractivity contribution in [3.63, 3.8) is 0 Å². The van der Waals surface area contributed by atoms with Crippen LogP contribution in [0.2, 0.25) is 0 Å². The third-order valence-electron chi connectivity index (χ3n) is 3.54. The van der Waals surface area contributed by atoms with Gasteiger partial charge < -0.3 is 15.4 Å². The molecule has 0 spiro atoms. The molecule has 0 fully saturated rings. The average Bonchev–Trinajstić information content (AvgIpc) is 3.07. The fourth-order valence-corrected chi connectivity index (χ4v) is 2.36. The molecule has 0 saturated heterocycles. The Morgan fingerprint density at radius 3 is 2.83 bits per heavy atom. The monoisotopic (exact) mass is 315 g/mol. The van der Waals surface area contributed by atoms with E-state index in [2.05, 4.69) is 39.8 Å². The van der Waals surface area contributed by atoms with Crippen LogP contribution >= 0.6 is 0 Å². The molecule has 2 N–H and O–H groups in total. The van der Waals surface area contributed by atoms with Crippen LogP contribution < -0.4 is 15.4 Å². The van der Waals surface area contributed by atoms with Crippen LogP contribution in [0.15, 0.2) is 41.7 Å². The standard InChI is InChI=1S/C17H25N5O/c1-14-5-6-16(23-3)15(13-14)7-9-19-17(18-2)20-10-12-22-11-4-8-21-22/h4-6,8,11,13H,7,9-10,12H2,1-3H3,(H2,18,19,20). The normalized spacial score (nSPS) is 11.3. The molecule has 2 rings (SSSR count). The summed E-state index contributed by atoms with van der Waals surface area (Å²) in [6.07, 6.45) is 4.61. The molecule has 0 aliphatic heterocycles. The van der Waals surface area contributed by atoms with Crippen LogP contribution in [-0.4, -0.2) is 43.0 Å². The molecule has 124 valence electrons. The molecule has 0 amide bonds. The number of hydrogen-bond donors (Lipinski definition) is 2. The molecular formula is C17H25N5O. The van der Waals surface area contributed by atoms with Crippen molar-refractivity contribution in [2.75, 3.05) is 27.2 Å². The zero-order valence-electron chi connectivity index (χ0n) is 14.0. The number of hydrogen-bond acceptors (Lipinski definition) is 3. The second kappa shape index (κ2) is 8.82. The van der Waals surface area contributed by atoms with Crippen molar-refractivity contribution >= 4 is 5.96 Å². The maximum Gasteiger partial charge on any atom is 0.191 e. The summed E-state index contributed by atoms with van der Waals surface area (Å²) in [4.78, 5) is 4.23. The first-order valence-electron chi connectivity index (χ1n) is 7.78. The number of benzene rings is 1. The van der Waals surface area contributed by atoms with Gasteiger partial charge in [0.15, 0.2) is 5.96 Å². The minimum absolute atomic E-state index is 0.773. The lowest BCUT2D eigenvalue weighted by atomic mass is 10.1. The maximum atomic E-state index is 5.41. The van der Waals surface area contributed by atoms with Crippen molar-refractivity contribution in [1.82, 2.24) is 20.4 Å². The van der Waals surface area contributed by atoms with E-state index in [0.717, 1.165) is 37.8 Å². The zero-order valence-corrected chi connectivity index (χ0v) is 14.0. The first-order valence-corrected chi connectivity index (χ1v) is 7.78. The van der Waals surface area contributed by atoms with Crippen LogP contribution in [0.3, 0.4) is 0 Å². The Labute approximate surface area is 137 Å². The highest BCUT2D eigenvalue weighted by atomic mass is 16.5. The number of rotatable bonds is 7. The van der Waals surface area contributed by atoms with Gasteiger partial charge >= 0.3 is 0 Å². The van der Waals surface area contributed by atoms with E-state index >= 15 is 0 Å². The predicted octanol–water partition coefficient (Wildman–Crippen LogP) is 1.61. The molecule has 2 aromatic rings. The van der Waals surface area contributed by atoms with E-state index in [9.17, 15) is 0 Å². The molecule has 0 aliphatic carbocycles. The van der Waals surface area contributed by atoms with E-state index in [0.29, 0.717) is 0 Å². The molecule has 0 saturated carbocycles. The second-order valence-electron chi connectivity index (χ2n) is 5.26. The Bertz CT molecular complexity index is 622. The lowest BCUT2D eigenvalue weighted by molar-refractivity contribution is 0.409. The number of ether oxygens (including phenoxy) is 1. The van der Waals surface area contributed by atoms with Gasteiger partial charge in [0.05, 0.1) is 13.7 Å². The SMILES string of the molecule is CN=C(NCCc1cc(C)ccc1OC)NCCn1cccn1. The van der Waals surface area contributed by atoms with Gasteiger partial charge in [-0.25, -0.2) is 0 Å². The quantitative estimate of drug-likeness (QED) is 0.602. The lowest BCUT2D eigenvalue weighted by Gasteiger charge is -2.13. The minimum atomic E-state index is 0.773. The van der Waals surface area contributed by atoms with Gasteiger partial charge in [0.1, 0.15) is 5.75 Å². The fraction of sp³-hybridized carbons (Fsp3) is 0.412. The van der Waals surface area contributed by atoms with E-state index in [4.69, 9.17) is 4.74 Å². The fourth-order valence-electron chi connectivity index (χ4n) is 2.36. The van der Waals surface area contributed by atoms with Gasteiger partial charge in [-0.3, -0.25) is 9.67 Å². The third kappa shape index (κ3) is 5.32. The summed E-state index contributed by atoms with van der Waals surface area (Å²) < 4.78 is 7.29. The van der Waals surface area contributed by atoms with Gasteiger partial charge in [-0.05, 0) is 31.0 Å². The van der Waals surface area contributed by atoms with Gasteiger partial charge in [-0.1, -0.05) is 17.7 Å². The van der Waals surface area contributed by atoms with Crippen molar-refractivity contribution in [2.45, 2.75) is 19.9 Å². The first kappa shape index (κ1) is 16.9. The molecule has 0 aliphatic rings. The number of aryl methyl sites for hydroxylation is 1. The third-order valence-corrected chi connectivity index (χ3v) is 3.54. The van der Waals surface area contributed by atoms with Crippen LogP contribution in [0.4, 0.5) is 0 Å². The summed E-state index contributed by atoms with van der Waals surface area (Å²) in [6, 6.07) is 8.16. The topological polar surface area (TPSA) is 63.5 Å². The van der Waals surface area contributed by atoms with Crippen molar-refractivity contribution < 1.29 is 4.74 Å². The number of nitrogens with zero attached hydrogens (tertiary/aromatic N) is 3. The predicted molar refractivity (Wildman–Crippen MR) is 93.0 cm³/mol. The molecule has 0 radical (unpaired) electrons. The van der Waals surface area contributed by atoms with E-state index < -0.39 is 0 Å². The summed E-state index contributed by atoms with van der Waals surface area (Å²) in [7, 11) is 3.48. The Balaban J connectivity index is 1.76. The highest BCUT2D eigenvalue weighted by Crippen LogP contribution is 2.19. The summed E-state index contributed by atoms with van der Waals surface area (Å²) in [6.45, 7) is 4.46. The van der Waals surface area contributed by atoms with Gasteiger partial charge in [-0.2, -0.15) is 5.10 Å². The first-order chi connectivity index (χ1) is 11.2. The molecule has 0 unspecified atom stereocenters. The Morgan fingerprint density at radius 2 is 2.13 bits per heavy atom. The molecule has 6 nitrogen and oxygen atoms in total. The highest BCUT2D eigenvalue weighted by Gasteiger charge is 2.04. The molecule has 1 aromatic carbocycles. The van der Waals surface area contributed by atoms with Crippen LogP contribution in [0.1, 0.15) is 11.1 Å². The maximum absolute atomic E-state index is 5.41. The van der Waals surface area contributed by atoms with Crippen LogP contribution in [-0.2, 0) is 13.0 Å². The molecule has 1 aromatic heterocycles. The van der Waals surface area contributed by atoms with Crippen LogP contribution in [0, 0.1) is 6.92 Å². The largest absolute Gasteiger partial charge is 0.496 e. The van der Waals surface area contributed by atoms with Gasteiger partial charge in [0.2, 0.25) is 0 Å². The van der Waals surface area contributed by atoms with E-state index in [1.54, 1.807) is 20.4 Å². The minimum Gasteiger partial charge on any atom is -0.496 e. The molecule has 0 atom stereocenters. The number of aliphatic imine (C=N–C) groups is 1. The number of guanidine groups is 1. The highest BCUT2D eigenvalue weighted by molar-refractivity contribution is 5.79. The van der Waals surface area contributed by atoms with E-state index in [-0.39, 0.29) is 0 Å².